The summed E-state index contributed by atoms with van der Waals surface area (Å²) >= 11 is 0. The highest BCUT2D eigenvalue weighted by Gasteiger charge is 2.51. The lowest BCUT2D eigenvalue weighted by Gasteiger charge is -2.23. The van der Waals surface area contributed by atoms with Gasteiger partial charge in [-0.2, -0.15) is 31.4 Å². The molecule has 4 rings (SSSR count). The van der Waals surface area contributed by atoms with Gasteiger partial charge in [-0.25, -0.2) is 9.59 Å². The molecule has 10 nitrogen and oxygen atoms in total. The van der Waals surface area contributed by atoms with Crippen LogP contribution in [0.3, 0.4) is 0 Å². The van der Waals surface area contributed by atoms with E-state index in [0.717, 1.165) is 44.7 Å². The first-order valence-corrected chi connectivity index (χ1v) is 10.6. The molecule has 4 heterocycles. The van der Waals surface area contributed by atoms with Crippen molar-refractivity contribution in [3.8, 4) is 0 Å². The van der Waals surface area contributed by atoms with E-state index >= 15 is 0 Å². The van der Waals surface area contributed by atoms with Gasteiger partial charge in [-0.1, -0.05) is 6.07 Å². The summed E-state index contributed by atoms with van der Waals surface area (Å²) in [7, 11) is 1.88. The van der Waals surface area contributed by atoms with E-state index in [1.54, 1.807) is 17.1 Å². The highest BCUT2D eigenvalue weighted by molar-refractivity contribution is 6.00. The molecule has 204 valence electrons. The summed E-state index contributed by atoms with van der Waals surface area (Å²) in [6.45, 7) is 3.49. The third kappa shape index (κ3) is 8.16. The van der Waals surface area contributed by atoms with E-state index in [4.69, 9.17) is 19.8 Å². The maximum absolute atomic E-state index is 13.0. The number of anilines is 1. The van der Waals surface area contributed by atoms with Gasteiger partial charge in [0.05, 0.1) is 17.3 Å². The fraction of sp³-hybridized carbons (Fsp3) is 0.476. The van der Waals surface area contributed by atoms with Crippen LogP contribution in [0.1, 0.15) is 18.4 Å². The number of nitrogens with zero attached hydrogens (tertiary/aromatic N) is 5. The van der Waals surface area contributed by atoms with Crippen molar-refractivity contribution >= 4 is 23.5 Å². The fourth-order valence-electron chi connectivity index (χ4n) is 3.84. The van der Waals surface area contributed by atoms with Gasteiger partial charge in [0, 0.05) is 45.3 Å². The Morgan fingerprint density at radius 3 is 2.05 bits per heavy atom. The predicted octanol–water partition coefficient (Wildman–Crippen LogP) is 2.71. The highest BCUT2D eigenvalue weighted by atomic mass is 19.4. The summed E-state index contributed by atoms with van der Waals surface area (Å²) in [5.41, 5.74) is 1.91. The van der Waals surface area contributed by atoms with Gasteiger partial charge >= 0.3 is 24.3 Å². The number of aryl methyl sites for hydroxylation is 1. The molecule has 2 aromatic rings. The topological polar surface area (TPSA) is 129 Å². The van der Waals surface area contributed by atoms with Crippen LogP contribution in [0.5, 0.6) is 0 Å². The third-order valence-corrected chi connectivity index (χ3v) is 5.56. The minimum atomic E-state index is -5.08. The largest absolute Gasteiger partial charge is 0.490 e. The molecular weight excluding hydrogens is 516 g/mol. The Bertz CT molecular complexity index is 1070. The minimum Gasteiger partial charge on any atom is -0.475 e. The average Bonchev–Trinajstić information content (AvgIpc) is 3.49. The van der Waals surface area contributed by atoms with E-state index in [1.807, 2.05) is 30.4 Å². The molecule has 1 amide bonds. The van der Waals surface area contributed by atoms with Crippen molar-refractivity contribution in [3.63, 3.8) is 0 Å². The van der Waals surface area contributed by atoms with Gasteiger partial charge in [-0.05, 0) is 31.0 Å². The molecule has 0 aromatic carbocycles. The Labute approximate surface area is 206 Å². The molecule has 37 heavy (non-hydrogen) atoms. The molecule has 2 aliphatic rings. The van der Waals surface area contributed by atoms with Crippen LogP contribution in [0.15, 0.2) is 36.9 Å². The standard InChI is InChI=1S/C17H21N5O.2C2HF3O2/c1-20-12-15(10-19-20)22-8-5-17(16(22)23)4-7-21(13-17)11-14-3-2-6-18-9-14;2*3-2(4,5)1(6)7/h2-3,6,9-10,12H,4-5,7-8,11,13H2,1H3;2*(H,6,7). The number of aromatic nitrogens is 3. The molecule has 1 atom stereocenters. The van der Waals surface area contributed by atoms with Crippen LogP contribution in [0, 0.1) is 5.41 Å². The number of aliphatic carboxylic acids is 2. The quantitative estimate of drug-likeness (QED) is 0.570. The summed E-state index contributed by atoms with van der Waals surface area (Å²) in [5, 5.41) is 18.4. The second kappa shape index (κ2) is 11.6. The van der Waals surface area contributed by atoms with Gasteiger partial charge in [0.1, 0.15) is 0 Å². The van der Waals surface area contributed by atoms with Crippen LogP contribution in [-0.2, 0) is 28.0 Å². The lowest BCUT2D eigenvalue weighted by Crippen LogP contribution is -2.36. The number of amides is 1. The minimum absolute atomic E-state index is 0.210. The molecule has 1 spiro atoms. The smallest absolute Gasteiger partial charge is 0.475 e. The van der Waals surface area contributed by atoms with Crippen LogP contribution in [0.25, 0.3) is 0 Å². The van der Waals surface area contributed by atoms with Crippen molar-refractivity contribution in [1.82, 2.24) is 19.7 Å². The molecule has 0 radical (unpaired) electrons. The van der Waals surface area contributed by atoms with Crippen molar-refractivity contribution in [2.45, 2.75) is 31.7 Å². The molecule has 2 N–H and O–H groups in total. The van der Waals surface area contributed by atoms with E-state index < -0.39 is 24.3 Å². The molecule has 1 unspecified atom stereocenters. The number of halogens is 6. The Hall–Kier alpha value is -3.69. The number of carboxylic acids is 2. The van der Waals surface area contributed by atoms with E-state index in [1.165, 1.54) is 5.56 Å². The van der Waals surface area contributed by atoms with Crippen LogP contribution < -0.4 is 4.90 Å². The van der Waals surface area contributed by atoms with Crippen LogP contribution in [0.2, 0.25) is 0 Å². The second-order valence-corrected chi connectivity index (χ2v) is 8.29. The molecule has 0 aliphatic carbocycles. The Morgan fingerprint density at radius 1 is 1.03 bits per heavy atom. The van der Waals surface area contributed by atoms with Crippen molar-refractivity contribution < 1.29 is 50.9 Å². The van der Waals surface area contributed by atoms with E-state index in [2.05, 4.69) is 21.0 Å². The number of rotatable bonds is 3. The van der Waals surface area contributed by atoms with Crippen molar-refractivity contribution in [1.29, 1.82) is 0 Å². The molecule has 16 heteroatoms. The number of carboxylic acid groups (broad SMARTS) is 2. The Kier molecular flexibility index (Phi) is 9.24. The predicted molar refractivity (Wildman–Crippen MR) is 114 cm³/mol. The zero-order valence-corrected chi connectivity index (χ0v) is 19.3. The van der Waals surface area contributed by atoms with Gasteiger partial charge < -0.3 is 15.1 Å². The summed E-state index contributed by atoms with van der Waals surface area (Å²) in [4.78, 5) is 39.2. The lowest BCUT2D eigenvalue weighted by atomic mass is 9.85. The first-order chi connectivity index (χ1) is 17.0. The molecule has 0 saturated carbocycles. The summed E-state index contributed by atoms with van der Waals surface area (Å²) in [6, 6.07) is 4.06. The zero-order chi connectivity index (χ0) is 28.0. The van der Waals surface area contributed by atoms with E-state index in [-0.39, 0.29) is 11.3 Å². The van der Waals surface area contributed by atoms with E-state index in [0.29, 0.717) is 0 Å². The molecule has 2 fully saturated rings. The van der Waals surface area contributed by atoms with Gasteiger partial charge in [0.15, 0.2) is 0 Å². The van der Waals surface area contributed by atoms with E-state index in [9.17, 15) is 31.1 Å². The maximum atomic E-state index is 13.0. The van der Waals surface area contributed by atoms with Crippen molar-refractivity contribution in [3.05, 3.63) is 42.5 Å². The molecule has 0 bridgehead atoms. The molecule has 2 aliphatic heterocycles. The Morgan fingerprint density at radius 2 is 1.59 bits per heavy atom. The summed E-state index contributed by atoms with van der Waals surface area (Å²) in [5.74, 6) is -5.25. The van der Waals surface area contributed by atoms with Gasteiger partial charge in [-0.3, -0.25) is 19.4 Å². The first kappa shape index (κ1) is 29.5. The lowest BCUT2D eigenvalue weighted by molar-refractivity contribution is -0.193. The number of carbonyl (C=O) groups excluding carboxylic acids is 1. The fourth-order valence-corrected chi connectivity index (χ4v) is 3.84. The highest BCUT2D eigenvalue weighted by Crippen LogP contribution is 2.42. The number of carbonyl (C=O) groups is 3. The van der Waals surface area contributed by atoms with Crippen molar-refractivity contribution in [2.75, 3.05) is 24.5 Å². The maximum Gasteiger partial charge on any atom is 0.490 e. The number of hydrogen-bond donors (Lipinski definition) is 2. The van der Waals surface area contributed by atoms with Crippen LogP contribution >= 0.6 is 0 Å². The Balaban J connectivity index is 0.000000286. The van der Waals surface area contributed by atoms with Gasteiger partial charge in [0.25, 0.3) is 0 Å². The molecular formula is C21H23F6N5O5. The number of hydrogen-bond acceptors (Lipinski definition) is 6. The summed E-state index contributed by atoms with van der Waals surface area (Å²) < 4.78 is 65.2. The number of likely N-dealkylation sites (tertiary alicyclic amines) is 1. The molecule has 2 aromatic heterocycles. The third-order valence-electron chi connectivity index (χ3n) is 5.56. The monoisotopic (exact) mass is 539 g/mol. The first-order valence-electron chi connectivity index (χ1n) is 10.6. The van der Waals surface area contributed by atoms with Crippen LogP contribution in [0.4, 0.5) is 32.0 Å². The van der Waals surface area contributed by atoms with Crippen molar-refractivity contribution in [2.24, 2.45) is 12.5 Å². The average molecular weight is 539 g/mol. The zero-order valence-electron chi connectivity index (χ0n) is 19.3. The van der Waals surface area contributed by atoms with Gasteiger partial charge in [-0.15, -0.1) is 0 Å². The normalized spacial score (nSPS) is 19.8. The SMILES string of the molecule is Cn1cc(N2CCC3(CCN(Cc4cccnc4)C3)C2=O)cn1.O=C(O)C(F)(F)F.O=C(O)C(F)(F)F. The molecule has 2 saturated heterocycles. The number of pyridine rings is 1. The number of alkyl halides is 6. The second-order valence-electron chi connectivity index (χ2n) is 8.29. The van der Waals surface area contributed by atoms with Gasteiger partial charge in [0.2, 0.25) is 5.91 Å². The van der Waals surface area contributed by atoms with Crippen LogP contribution in [-0.4, -0.2) is 79.7 Å². The summed E-state index contributed by atoms with van der Waals surface area (Å²) in [6.07, 6.45) is -0.893.